The highest BCUT2D eigenvalue weighted by molar-refractivity contribution is 5.88. The predicted octanol–water partition coefficient (Wildman–Crippen LogP) is 5.00. The van der Waals surface area contributed by atoms with Crippen LogP contribution in [0, 0.1) is 13.8 Å². The first kappa shape index (κ1) is 15.4. The Morgan fingerprint density at radius 1 is 0.769 bits per heavy atom. The van der Waals surface area contributed by atoms with Crippen molar-refractivity contribution in [2.45, 2.75) is 39.3 Å². The topological polar surface area (TPSA) is 32.3 Å². The zero-order chi connectivity index (χ0) is 18.1. The lowest BCUT2D eigenvalue weighted by atomic mass is 9.83. The summed E-state index contributed by atoms with van der Waals surface area (Å²) in [5.41, 5.74) is 5.66. The van der Waals surface area contributed by atoms with E-state index < -0.39 is 0 Å². The highest BCUT2D eigenvalue weighted by atomic mass is 15.5. The molecule has 4 heteroatoms. The van der Waals surface area contributed by atoms with Crippen LogP contribution in [-0.4, -0.2) is 16.1 Å². The van der Waals surface area contributed by atoms with E-state index in [0.29, 0.717) is 0 Å². The first-order chi connectivity index (χ1) is 12.5. The van der Waals surface area contributed by atoms with Crippen molar-refractivity contribution >= 4 is 23.0 Å². The molecule has 0 saturated carbocycles. The van der Waals surface area contributed by atoms with Gasteiger partial charge in [-0.05, 0) is 37.6 Å². The second kappa shape index (κ2) is 5.07. The van der Waals surface area contributed by atoms with Crippen molar-refractivity contribution in [3.05, 3.63) is 71.5 Å². The van der Waals surface area contributed by atoms with E-state index in [1.165, 1.54) is 11.3 Å². The van der Waals surface area contributed by atoms with Crippen LogP contribution in [0.15, 0.2) is 54.6 Å². The summed E-state index contributed by atoms with van der Waals surface area (Å²) in [6.07, 6.45) is 0.124. The van der Waals surface area contributed by atoms with Crippen LogP contribution in [0.4, 0.5) is 23.0 Å². The number of aryl methyl sites for hydroxylation is 2. The summed E-state index contributed by atoms with van der Waals surface area (Å²) < 4.78 is 0. The molecule has 0 spiro atoms. The van der Waals surface area contributed by atoms with Gasteiger partial charge in [0.1, 0.15) is 6.17 Å². The Kier molecular flexibility index (Phi) is 3.00. The Bertz CT molecular complexity index is 989. The largest absolute Gasteiger partial charge is 0.301 e. The maximum absolute atomic E-state index is 4.96. The van der Waals surface area contributed by atoms with Crippen LogP contribution in [0.1, 0.15) is 30.8 Å². The van der Waals surface area contributed by atoms with Crippen LogP contribution < -0.4 is 9.80 Å². The van der Waals surface area contributed by atoms with Crippen molar-refractivity contribution in [3.63, 3.8) is 0 Å². The summed E-state index contributed by atoms with van der Waals surface area (Å²) in [4.78, 5) is 14.6. The fraction of sp³-hybridized carbons (Fsp3) is 0.273. The molecule has 2 aliphatic rings. The highest BCUT2D eigenvalue weighted by Crippen LogP contribution is 2.57. The Hall–Kier alpha value is -2.88. The average molecular weight is 342 g/mol. The quantitative estimate of drug-likeness (QED) is 0.623. The van der Waals surface area contributed by atoms with Crippen molar-refractivity contribution in [1.29, 1.82) is 0 Å². The number of para-hydroxylation sites is 2. The van der Waals surface area contributed by atoms with Crippen molar-refractivity contribution < 1.29 is 0 Å². The van der Waals surface area contributed by atoms with Crippen LogP contribution in [0.3, 0.4) is 0 Å². The molecule has 1 atom stereocenters. The molecule has 1 aromatic heterocycles. The number of nitrogens with zero attached hydrogens (tertiary/aromatic N) is 4. The summed E-state index contributed by atoms with van der Waals surface area (Å²) in [7, 11) is 0. The molecule has 0 aliphatic carbocycles. The van der Waals surface area contributed by atoms with Gasteiger partial charge in [0.25, 0.3) is 0 Å². The minimum Gasteiger partial charge on any atom is -0.301 e. The van der Waals surface area contributed by atoms with Gasteiger partial charge in [-0.2, -0.15) is 0 Å². The van der Waals surface area contributed by atoms with E-state index in [1.54, 1.807) is 0 Å². The van der Waals surface area contributed by atoms with Crippen LogP contribution in [0.2, 0.25) is 0 Å². The van der Waals surface area contributed by atoms with E-state index >= 15 is 0 Å². The Labute approximate surface area is 154 Å². The number of rotatable bonds is 1. The monoisotopic (exact) mass is 342 g/mol. The lowest BCUT2D eigenvalue weighted by Gasteiger charge is -2.36. The summed E-state index contributed by atoms with van der Waals surface area (Å²) in [6.45, 7) is 8.71. The molecule has 0 radical (unpaired) electrons. The molecule has 3 heterocycles. The number of fused-ring (bicyclic) bond motifs is 5. The van der Waals surface area contributed by atoms with Crippen LogP contribution in [-0.2, 0) is 5.41 Å². The summed E-state index contributed by atoms with van der Waals surface area (Å²) >= 11 is 0. The number of hydrogen-bond acceptors (Lipinski definition) is 4. The molecule has 2 aromatic carbocycles. The molecular weight excluding hydrogens is 320 g/mol. The van der Waals surface area contributed by atoms with E-state index in [-0.39, 0.29) is 11.6 Å². The van der Waals surface area contributed by atoms with Gasteiger partial charge in [-0.1, -0.05) is 50.2 Å². The fourth-order valence-electron chi connectivity index (χ4n) is 4.36. The Morgan fingerprint density at radius 3 is 2.04 bits per heavy atom. The maximum Gasteiger partial charge on any atom is 0.178 e. The molecule has 0 bridgehead atoms. The normalized spacial score (nSPS) is 19.3. The van der Waals surface area contributed by atoms with Crippen molar-refractivity contribution in [2.75, 3.05) is 9.80 Å². The SMILES string of the molecule is Cc1nc2c(nc1C)N1c3ccccc3C(C)(C)C1N2c1ccccc1. The minimum absolute atomic E-state index is 0.0589. The zero-order valence-corrected chi connectivity index (χ0v) is 15.6. The van der Waals surface area contributed by atoms with Gasteiger partial charge in [0, 0.05) is 16.8 Å². The molecule has 5 rings (SSSR count). The van der Waals surface area contributed by atoms with Crippen LogP contribution >= 0.6 is 0 Å². The summed E-state index contributed by atoms with van der Waals surface area (Å²) in [5, 5.41) is 0. The maximum atomic E-state index is 4.96. The van der Waals surface area contributed by atoms with Gasteiger partial charge in [-0.25, -0.2) is 9.97 Å². The third-order valence-corrected chi connectivity index (χ3v) is 5.75. The van der Waals surface area contributed by atoms with E-state index in [1.807, 2.05) is 13.8 Å². The molecule has 0 fully saturated rings. The number of benzene rings is 2. The molecule has 0 N–H and O–H groups in total. The molecule has 26 heavy (non-hydrogen) atoms. The standard InChI is InChI=1S/C22H22N4/c1-14-15(2)24-20-19(23-14)25(16-10-6-5-7-11-16)21-22(3,4)17-12-8-9-13-18(17)26(20)21/h5-13,21H,1-4H3. The van der Waals surface area contributed by atoms with Crippen LogP contribution in [0.5, 0.6) is 0 Å². The lowest BCUT2D eigenvalue weighted by Crippen LogP contribution is -2.46. The van der Waals surface area contributed by atoms with E-state index in [0.717, 1.165) is 28.7 Å². The zero-order valence-electron chi connectivity index (χ0n) is 15.6. The molecule has 130 valence electrons. The third kappa shape index (κ3) is 1.84. The molecule has 0 saturated heterocycles. The predicted molar refractivity (Wildman–Crippen MR) is 105 cm³/mol. The van der Waals surface area contributed by atoms with Gasteiger partial charge in [-0.15, -0.1) is 0 Å². The Balaban J connectivity index is 1.83. The number of hydrogen-bond donors (Lipinski definition) is 0. The van der Waals surface area contributed by atoms with Gasteiger partial charge in [-0.3, -0.25) is 0 Å². The second-order valence-corrected chi connectivity index (χ2v) is 7.73. The lowest BCUT2D eigenvalue weighted by molar-refractivity contribution is 0.449. The van der Waals surface area contributed by atoms with E-state index in [9.17, 15) is 0 Å². The van der Waals surface area contributed by atoms with Gasteiger partial charge < -0.3 is 9.80 Å². The van der Waals surface area contributed by atoms with E-state index in [4.69, 9.17) is 9.97 Å². The average Bonchev–Trinajstić information content (AvgIpc) is 3.08. The summed E-state index contributed by atoms with van der Waals surface area (Å²) in [6, 6.07) is 19.2. The molecule has 0 amide bonds. The molecule has 4 nitrogen and oxygen atoms in total. The smallest absolute Gasteiger partial charge is 0.178 e. The second-order valence-electron chi connectivity index (χ2n) is 7.73. The van der Waals surface area contributed by atoms with Gasteiger partial charge in [0.15, 0.2) is 11.6 Å². The molecular formula is C22H22N4. The first-order valence-corrected chi connectivity index (χ1v) is 9.08. The highest BCUT2D eigenvalue weighted by Gasteiger charge is 2.54. The molecule has 3 aromatic rings. The van der Waals surface area contributed by atoms with Crippen molar-refractivity contribution in [2.24, 2.45) is 0 Å². The fourth-order valence-corrected chi connectivity index (χ4v) is 4.36. The van der Waals surface area contributed by atoms with Gasteiger partial charge in [0.2, 0.25) is 0 Å². The molecule has 1 unspecified atom stereocenters. The first-order valence-electron chi connectivity index (χ1n) is 9.08. The van der Waals surface area contributed by atoms with Gasteiger partial charge >= 0.3 is 0 Å². The van der Waals surface area contributed by atoms with Crippen molar-refractivity contribution in [1.82, 2.24) is 9.97 Å². The van der Waals surface area contributed by atoms with Crippen molar-refractivity contribution in [3.8, 4) is 0 Å². The summed E-state index contributed by atoms with van der Waals surface area (Å²) in [5.74, 6) is 1.91. The van der Waals surface area contributed by atoms with Gasteiger partial charge in [0.05, 0.1) is 11.4 Å². The minimum atomic E-state index is -0.0589. The Morgan fingerprint density at radius 2 is 1.35 bits per heavy atom. The number of aromatic nitrogens is 2. The van der Waals surface area contributed by atoms with E-state index in [2.05, 4.69) is 78.2 Å². The third-order valence-electron chi connectivity index (χ3n) is 5.75. The number of anilines is 4. The molecule has 2 aliphatic heterocycles. The van der Waals surface area contributed by atoms with Crippen LogP contribution in [0.25, 0.3) is 0 Å².